The van der Waals surface area contributed by atoms with Gasteiger partial charge >= 0.3 is 0 Å². The third-order valence-corrected chi connectivity index (χ3v) is 4.65. The van der Waals surface area contributed by atoms with E-state index in [9.17, 15) is 4.79 Å². The Morgan fingerprint density at radius 2 is 2.17 bits per heavy atom. The maximum Gasteiger partial charge on any atom is 0.289 e. The van der Waals surface area contributed by atoms with Gasteiger partial charge in [0.15, 0.2) is 5.76 Å². The molecule has 1 aromatic carbocycles. The number of amides is 1. The average molecular weight is 337 g/mol. The fourth-order valence-electron chi connectivity index (χ4n) is 3.44. The first-order chi connectivity index (χ1) is 10.6. The number of hydrogen-bond acceptors (Lipinski definition) is 3. The van der Waals surface area contributed by atoms with Crippen LogP contribution in [0.25, 0.3) is 11.0 Å². The van der Waals surface area contributed by atoms with Crippen LogP contribution in [0.3, 0.4) is 0 Å². The van der Waals surface area contributed by atoms with Crippen LogP contribution in [0.1, 0.15) is 34.5 Å². The third-order valence-electron chi connectivity index (χ3n) is 4.65. The Morgan fingerprint density at radius 1 is 1.39 bits per heavy atom. The van der Waals surface area contributed by atoms with Gasteiger partial charge in [0.25, 0.3) is 5.91 Å². The van der Waals surface area contributed by atoms with Gasteiger partial charge in [-0.2, -0.15) is 0 Å². The number of likely N-dealkylation sites (tertiary alicyclic amines) is 1. The molecule has 3 rings (SSSR count). The molecule has 0 aliphatic carbocycles. The summed E-state index contributed by atoms with van der Waals surface area (Å²) >= 11 is 0. The summed E-state index contributed by atoms with van der Waals surface area (Å²) in [7, 11) is 1.97. The lowest BCUT2D eigenvalue weighted by molar-refractivity contribution is 0.0643. The second-order valence-corrected chi connectivity index (χ2v) is 6.32. The van der Waals surface area contributed by atoms with Gasteiger partial charge in [0.05, 0.1) is 0 Å². The van der Waals surface area contributed by atoms with Crippen molar-refractivity contribution in [2.45, 2.75) is 26.7 Å². The van der Waals surface area contributed by atoms with Crippen molar-refractivity contribution in [2.75, 3.05) is 26.7 Å². The second-order valence-electron chi connectivity index (χ2n) is 6.32. The molecular formula is C18H25ClN2O2. The normalized spacial score (nSPS) is 18.0. The number of nitrogens with zero attached hydrogens (tertiary/aromatic N) is 1. The first-order valence-electron chi connectivity index (χ1n) is 8.04. The molecule has 1 amide bonds. The zero-order chi connectivity index (χ0) is 15.7. The summed E-state index contributed by atoms with van der Waals surface area (Å²) in [5, 5.41) is 4.26. The summed E-state index contributed by atoms with van der Waals surface area (Å²) in [5.41, 5.74) is 2.87. The molecule has 0 spiro atoms. The summed E-state index contributed by atoms with van der Waals surface area (Å²) in [6.45, 7) is 6.60. The van der Waals surface area contributed by atoms with Gasteiger partial charge in [-0.1, -0.05) is 18.2 Å². The number of hydrogen-bond donors (Lipinski definition) is 1. The fraction of sp³-hybridized carbons (Fsp3) is 0.500. The number of furan rings is 1. The highest BCUT2D eigenvalue weighted by molar-refractivity contribution is 5.99. The first-order valence-corrected chi connectivity index (χ1v) is 8.04. The van der Waals surface area contributed by atoms with Crippen molar-refractivity contribution in [3.05, 3.63) is 35.1 Å². The highest BCUT2D eigenvalue weighted by Gasteiger charge is 2.28. The largest absolute Gasteiger partial charge is 0.450 e. The number of carbonyl (C=O) groups is 1. The maximum atomic E-state index is 12.9. The molecule has 0 radical (unpaired) electrons. The molecule has 1 aromatic heterocycles. The van der Waals surface area contributed by atoms with Crippen LogP contribution in [-0.4, -0.2) is 37.5 Å². The van der Waals surface area contributed by atoms with Crippen LogP contribution in [0.2, 0.25) is 0 Å². The van der Waals surface area contributed by atoms with E-state index in [1.165, 1.54) is 6.42 Å². The van der Waals surface area contributed by atoms with Crippen molar-refractivity contribution in [1.82, 2.24) is 10.2 Å². The monoisotopic (exact) mass is 336 g/mol. The highest BCUT2D eigenvalue weighted by atomic mass is 35.5. The number of halogens is 1. The van der Waals surface area contributed by atoms with Crippen molar-refractivity contribution in [3.8, 4) is 0 Å². The van der Waals surface area contributed by atoms with E-state index < -0.39 is 0 Å². The number of benzene rings is 1. The van der Waals surface area contributed by atoms with E-state index in [1.54, 1.807) is 0 Å². The smallest absolute Gasteiger partial charge is 0.289 e. The zero-order valence-corrected chi connectivity index (χ0v) is 14.8. The van der Waals surface area contributed by atoms with Crippen molar-refractivity contribution >= 4 is 29.3 Å². The fourth-order valence-corrected chi connectivity index (χ4v) is 3.44. The molecule has 0 saturated carbocycles. The lowest BCUT2D eigenvalue weighted by Crippen LogP contribution is -2.42. The van der Waals surface area contributed by atoms with Crippen molar-refractivity contribution in [1.29, 1.82) is 0 Å². The quantitative estimate of drug-likeness (QED) is 0.932. The van der Waals surface area contributed by atoms with Gasteiger partial charge in [-0.15, -0.1) is 12.4 Å². The lowest BCUT2D eigenvalue weighted by atomic mass is 9.97. The van der Waals surface area contributed by atoms with Crippen molar-refractivity contribution in [3.63, 3.8) is 0 Å². The summed E-state index contributed by atoms with van der Waals surface area (Å²) in [6, 6.07) is 6.06. The molecule has 1 saturated heterocycles. The molecule has 2 heterocycles. The maximum absolute atomic E-state index is 12.9. The predicted octanol–water partition coefficient (Wildman–Crippen LogP) is 3.54. The molecular weight excluding hydrogens is 312 g/mol. The number of nitrogens with one attached hydrogen (secondary N) is 1. The molecule has 2 aromatic rings. The molecule has 0 bridgehead atoms. The van der Waals surface area contributed by atoms with Crippen LogP contribution in [-0.2, 0) is 0 Å². The van der Waals surface area contributed by atoms with Crippen LogP contribution in [0.15, 0.2) is 22.6 Å². The predicted molar refractivity (Wildman–Crippen MR) is 95.5 cm³/mol. The number of aryl methyl sites for hydroxylation is 2. The van der Waals surface area contributed by atoms with E-state index in [1.807, 2.05) is 44.0 Å². The molecule has 1 fully saturated rings. The lowest BCUT2D eigenvalue weighted by Gasteiger charge is -2.32. The minimum absolute atomic E-state index is 0. The van der Waals surface area contributed by atoms with Gasteiger partial charge in [-0.05, 0) is 51.8 Å². The van der Waals surface area contributed by atoms with Gasteiger partial charge < -0.3 is 14.6 Å². The molecule has 23 heavy (non-hydrogen) atoms. The Kier molecular flexibility index (Phi) is 5.71. The van der Waals surface area contributed by atoms with Crippen molar-refractivity contribution in [2.24, 2.45) is 5.92 Å². The molecule has 1 aliphatic rings. The molecule has 126 valence electrons. The number of carbonyl (C=O) groups excluding carboxylic acids is 1. The van der Waals surface area contributed by atoms with Crippen LogP contribution >= 0.6 is 12.4 Å². The number of rotatable bonds is 3. The minimum atomic E-state index is 0. The second kappa shape index (κ2) is 7.37. The SMILES string of the molecule is CNCC1CCCN(C(=O)c2oc3c(C)cccc3c2C)C1.Cl. The summed E-state index contributed by atoms with van der Waals surface area (Å²) < 4.78 is 5.93. The van der Waals surface area contributed by atoms with E-state index in [2.05, 4.69) is 5.32 Å². The Bertz CT molecular complexity index is 694. The number of para-hydroxylation sites is 1. The van der Waals surface area contributed by atoms with E-state index in [-0.39, 0.29) is 18.3 Å². The van der Waals surface area contributed by atoms with E-state index in [0.29, 0.717) is 11.7 Å². The summed E-state index contributed by atoms with van der Waals surface area (Å²) in [5.74, 6) is 1.08. The molecule has 5 heteroatoms. The number of fused-ring (bicyclic) bond motifs is 1. The highest BCUT2D eigenvalue weighted by Crippen LogP contribution is 2.29. The van der Waals surface area contributed by atoms with E-state index >= 15 is 0 Å². The van der Waals surface area contributed by atoms with Crippen LogP contribution < -0.4 is 5.32 Å². The van der Waals surface area contributed by atoms with Gasteiger partial charge in [0.1, 0.15) is 5.58 Å². The van der Waals surface area contributed by atoms with Gasteiger partial charge in [0.2, 0.25) is 0 Å². The Morgan fingerprint density at radius 3 is 2.87 bits per heavy atom. The third kappa shape index (κ3) is 3.38. The summed E-state index contributed by atoms with van der Waals surface area (Å²) in [4.78, 5) is 14.8. The minimum Gasteiger partial charge on any atom is -0.450 e. The van der Waals surface area contributed by atoms with Gasteiger partial charge in [-0.3, -0.25) is 4.79 Å². The van der Waals surface area contributed by atoms with Crippen LogP contribution in [0, 0.1) is 19.8 Å². The molecule has 1 aliphatic heterocycles. The Balaban J connectivity index is 0.00000192. The number of piperidine rings is 1. The van der Waals surface area contributed by atoms with Gasteiger partial charge in [-0.25, -0.2) is 0 Å². The van der Waals surface area contributed by atoms with Crippen LogP contribution in [0.4, 0.5) is 0 Å². The van der Waals surface area contributed by atoms with E-state index in [4.69, 9.17) is 4.42 Å². The van der Waals surface area contributed by atoms with Crippen LogP contribution in [0.5, 0.6) is 0 Å². The Hall–Kier alpha value is -1.52. The molecule has 1 N–H and O–H groups in total. The first kappa shape index (κ1) is 17.8. The average Bonchev–Trinajstić information content (AvgIpc) is 2.86. The molecule has 1 unspecified atom stereocenters. The molecule has 4 nitrogen and oxygen atoms in total. The topological polar surface area (TPSA) is 45.5 Å². The standard InChI is InChI=1S/C18H24N2O2.ClH/c1-12-6-4-8-15-13(2)17(22-16(12)15)18(21)20-9-5-7-14(11-20)10-19-3;/h4,6,8,14,19H,5,7,9-11H2,1-3H3;1H. The van der Waals surface area contributed by atoms with Gasteiger partial charge in [0, 0.05) is 24.0 Å². The van der Waals surface area contributed by atoms with E-state index in [0.717, 1.165) is 48.2 Å². The molecule has 1 atom stereocenters. The summed E-state index contributed by atoms with van der Waals surface area (Å²) in [6.07, 6.45) is 2.25. The zero-order valence-electron chi connectivity index (χ0n) is 14.0. The van der Waals surface area contributed by atoms with Crippen molar-refractivity contribution < 1.29 is 9.21 Å². The Labute approximate surface area is 143 Å².